The second-order valence-electron chi connectivity index (χ2n) is 4.84. The number of hydrogen-bond acceptors (Lipinski definition) is 6. The molecule has 0 aromatic rings. The van der Waals surface area contributed by atoms with Gasteiger partial charge in [-0.2, -0.15) is 0 Å². The second kappa shape index (κ2) is 9.25. The average Bonchev–Trinajstić information content (AvgIpc) is 2.43. The Labute approximate surface area is 114 Å². The van der Waals surface area contributed by atoms with Crippen molar-refractivity contribution in [2.75, 3.05) is 53.7 Å². The Morgan fingerprint density at radius 3 is 2.89 bits per heavy atom. The zero-order valence-electron chi connectivity index (χ0n) is 11.8. The van der Waals surface area contributed by atoms with Crippen LogP contribution < -0.4 is 0 Å². The van der Waals surface area contributed by atoms with Gasteiger partial charge in [0.1, 0.15) is 0 Å². The number of methoxy groups -OCH3 is 2. The van der Waals surface area contributed by atoms with Gasteiger partial charge in [-0.15, -0.1) is 0 Å². The van der Waals surface area contributed by atoms with Gasteiger partial charge >= 0.3 is 5.97 Å². The van der Waals surface area contributed by atoms with E-state index >= 15 is 0 Å². The van der Waals surface area contributed by atoms with Crippen molar-refractivity contribution in [2.24, 2.45) is 5.92 Å². The molecule has 1 saturated heterocycles. The zero-order chi connectivity index (χ0) is 14.1. The quantitative estimate of drug-likeness (QED) is 0.493. The normalized spacial score (nSPS) is 22.2. The van der Waals surface area contributed by atoms with Gasteiger partial charge in [-0.25, -0.2) is 0 Å². The molecule has 0 aromatic heterocycles. The molecular weight excluding hydrogens is 250 g/mol. The third-order valence-electron chi connectivity index (χ3n) is 3.25. The largest absolute Gasteiger partial charge is 0.469 e. The lowest BCUT2D eigenvalue weighted by Crippen LogP contribution is -2.43. The minimum Gasteiger partial charge on any atom is -0.469 e. The summed E-state index contributed by atoms with van der Waals surface area (Å²) in [6.45, 7) is 3.40. The molecule has 1 aliphatic heterocycles. The predicted octanol–water partition coefficient (Wildman–Crippen LogP) is -0.105. The van der Waals surface area contributed by atoms with Crippen LogP contribution in [0.25, 0.3) is 0 Å². The van der Waals surface area contributed by atoms with E-state index in [1.165, 1.54) is 7.11 Å². The first-order chi connectivity index (χ1) is 9.17. The smallest absolute Gasteiger partial charge is 0.309 e. The number of aliphatic hydroxyl groups is 1. The van der Waals surface area contributed by atoms with E-state index in [0.29, 0.717) is 32.9 Å². The minimum atomic E-state index is -0.534. The van der Waals surface area contributed by atoms with Gasteiger partial charge in [0.2, 0.25) is 0 Å². The fraction of sp³-hybridized carbons (Fsp3) is 0.923. The first-order valence-corrected chi connectivity index (χ1v) is 6.72. The van der Waals surface area contributed by atoms with Crippen molar-refractivity contribution in [2.45, 2.75) is 18.9 Å². The number of carbonyl (C=O) groups excluding carboxylic acids is 1. The molecular formula is C13H25NO5. The standard InChI is InChI=1S/C13H25NO5/c1-17-6-7-19-10-12(15)9-14-5-3-4-11(8-14)13(16)18-2/h11-12,15H,3-10H2,1-2H3. The summed E-state index contributed by atoms with van der Waals surface area (Å²) in [6, 6.07) is 0. The van der Waals surface area contributed by atoms with Crippen molar-refractivity contribution >= 4 is 5.97 Å². The summed E-state index contributed by atoms with van der Waals surface area (Å²) in [6.07, 6.45) is 1.29. The Bertz CT molecular complexity index is 261. The molecule has 0 spiro atoms. The van der Waals surface area contributed by atoms with Crippen molar-refractivity contribution in [3.63, 3.8) is 0 Å². The Morgan fingerprint density at radius 1 is 1.42 bits per heavy atom. The van der Waals surface area contributed by atoms with Crippen molar-refractivity contribution < 1.29 is 24.1 Å². The highest BCUT2D eigenvalue weighted by atomic mass is 16.5. The summed E-state index contributed by atoms with van der Waals surface area (Å²) in [5, 5.41) is 9.86. The van der Waals surface area contributed by atoms with Gasteiger partial charge < -0.3 is 19.3 Å². The van der Waals surface area contributed by atoms with E-state index in [1.54, 1.807) is 7.11 Å². The van der Waals surface area contributed by atoms with E-state index in [4.69, 9.17) is 14.2 Å². The minimum absolute atomic E-state index is 0.0691. The molecule has 0 saturated carbocycles. The monoisotopic (exact) mass is 275 g/mol. The Kier molecular flexibility index (Phi) is 7.97. The van der Waals surface area contributed by atoms with Crippen LogP contribution in [0.2, 0.25) is 0 Å². The molecule has 19 heavy (non-hydrogen) atoms. The molecule has 0 aromatic carbocycles. The van der Waals surface area contributed by atoms with Gasteiger partial charge in [0.05, 0.1) is 39.0 Å². The Morgan fingerprint density at radius 2 is 2.21 bits per heavy atom. The van der Waals surface area contributed by atoms with Gasteiger partial charge in [0.15, 0.2) is 0 Å². The summed E-state index contributed by atoms with van der Waals surface area (Å²) >= 11 is 0. The highest BCUT2D eigenvalue weighted by Crippen LogP contribution is 2.17. The topological polar surface area (TPSA) is 68.2 Å². The fourth-order valence-corrected chi connectivity index (χ4v) is 2.29. The Balaban J connectivity index is 2.22. The molecule has 1 fully saturated rings. The van der Waals surface area contributed by atoms with Crippen molar-refractivity contribution in [3.8, 4) is 0 Å². The number of ether oxygens (including phenoxy) is 3. The van der Waals surface area contributed by atoms with Crippen molar-refractivity contribution in [1.82, 2.24) is 4.90 Å². The van der Waals surface area contributed by atoms with Gasteiger partial charge in [-0.1, -0.05) is 0 Å². The van der Waals surface area contributed by atoms with Crippen LogP contribution in [0.3, 0.4) is 0 Å². The van der Waals surface area contributed by atoms with Crippen LogP contribution in [-0.4, -0.2) is 75.8 Å². The number of carbonyl (C=O) groups is 1. The third kappa shape index (κ3) is 6.33. The molecule has 1 rings (SSSR count). The molecule has 0 amide bonds. The van der Waals surface area contributed by atoms with Gasteiger partial charge in [0, 0.05) is 20.2 Å². The summed E-state index contributed by atoms with van der Waals surface area (Å²) in [5.41, 5.74) is 0. The van der Waals surface area contributed by atoms with Crippen LogP contribution in [0.4, 0.5) is 0 Å². The lowest BCUT2D eigenvalue weighted by atomic mass is 9.98. The lowest BCUT2D eigenvalue weighted by Gasteiger charge is -2.32. The fourth-order valence-electron chi connectivity index (χ4n) is 2.29. The van der Waals surface area contributed by atoms with Crippen LogP contribution in [0.15, 0.2) is 0 Å². The molecule has 2 atom stereocenters. The van der Waals surface area contributed by atoms with Crippen molar-refractivity contribution in [1.29, 1.82) is 0 Å². The van der Waals surface area contributed by atoms with Crippen LogP contribution >= 0.6 is 0 Å². The molecule has 0 radical (unpaired) electrons. The zero-order valence-corrected chi connectivity index (χ0v) is 11.8. The summed E-state index contributed by atoms with van der Waals surface area (Å²) < 4.78 is 14.9. The van der Waals surface area contributed by atoms with Gasteiger partial charge in [0.25, 0.3) is 0 Å². The maximum absolute atomic E-state index is 11.5. The van der Waals surface area contributed by atoms with E-state index in [1.807, 2.05) is 0 Å². The average molecular weight is 275 g/mol. The summed E-state index contributed by atoms with van der Waals surface area (Å²) in [4.78, 5) is 13.6. The highest BCUT2D eigenvalue weighted by molar-refractivity contribution is 5.72. The molecule has 0 aliphatic carbocycles. The van der Waals surface area contributed by atoms with E-state index < -0.39 is 6.10 Å². The maximum atomic E-state index is 11.5. The van der Waals surface area contributed by atoms with Crippen LogP contribution in [-0.2, 0) is 19.0 Å². The van der Waals surface area contributed by atoms with Crippen molar-refractivity contribution in [3.05, 3.63) is 0 Å². The third-order valence-corrected chi connectivity index (χ3v) is 3.25. The van der Waals surface area contributed by atoms with Crippen LogP contribution in [0.1, 0.15) is 12.8 Å². The Hall–Kier alpha value is -0.690. The highest BCUT2D eigenvalue weighted by Gasteiger charge is 2.27. The summed E-state index contributed by atoms with van der Waals surface area (Å²) in [5.74, 6) is -0.226. The number of aliphatic hydroxyl groups excluding tert-OH is 1. The molecule has 2 unspecified atom stereocenters. The summed E-state index contributed by atoms with van der Waals surface area (Å²) in [7, 11) is 3.03. The number of likely N-dealkylation sites (tertiary alicyclic amines) is 1. The molecule has 112 valence electrons. The lowest BCUT2D eigenvalue weighted by molar-refractivity contribution is -0.147. The maximum Gasteiger partial charge on any atom is 0.309 e. The predicted molar refractivity (Wildman–Crippen MR) is 69.9 cm³/mol. The molecule has 1 heterocycles. The van der Waals surface area contributed by atoms with E-state index in [9.17, 15) is 9.90 Å². The number of β-amino-alcohol motifs (C(OH)–C–C–N with tert-alkyl or cyclic N) is 1. The van der Waals surface area contributed by atoms with Crippen LogP contribution in [0.5, 0.6) is 0 Å². The van der Waals surface area contributed by atoms with E-state index in [0.717, 1.165) is 19.4 Å². The molecule has 1 N–H and O–H groups in total. The number of rotatable bonds is 8. The first kappa shape index (κ1) is 16.4. The molecule has 6 nitrogen and oxygen atoms in total. The van der Waals surface area contributed by atoms with Gasteiger partial charge in [-0.05, 0) is 19.4 Å². The van der Waals surface area contributed by atoms with E-state index in [2.05, 4.69) is 4.90 Å². The second-order valence-corrected chi connectivity index (χ2v) is 4.84. The molecule has 6 heteroatoms. The SMILES string of the molecule is COCCOCC(O)CN1CCCC(C(=O)OC)C1. The molecule has 1 aliphatic rings. The number of hydrogen-bond donors (Lipinski definition) is 1. The first-order valence-electron chi connectivity index (χ1n) is 6.72. The number of esters is 1. The van der Waals surface area contributed by atoms with E-state index in [-0.39, 0.29) is 11.9 Å². The van der Waals surface area contributed by atoms with Crippen LogP contribution in [0, 0.1) is 5.92 Å². The molecule has 0 bridgehead atoms. The van der Waals surface area contributed by atoms with Gasteiger partial charge in [-0.3, -0.25) is 9.69 Å². The number of nitrogens with zero attached hydrogens (tertiary/aromatic N) is 1. The number of piperidine rings is 1.